The maximum absolute atomic E-state index is 5.23. The third-order valence-corrected chi connectivity index (χ3v) is 3.16. The van der Waals surface area contributed by atoms with Gasteiger partial charge in [0.15, 0.2) is 0 Å². The SMILES string of the molecule is CNC(C)c1cc2cc(OC)ccc2n1C. The van der Waals surface area contributed by atoms with Crippen molar-refractivity contribution < 1.29 is 4.74 Å². The third kappa shape index (κ3) is 1.67. The number of benzene rings is 1. The van der Waals surface area contributed by atoms with E-state index in [4.69, 9.17) is 4.74 Å². The Kier molecular flexibility index (Phi) is 2.88. The van der Waals surface area contributed by atoms with Crippen molar-refractivity contribution >= 4 is 10.9 Å². The molecule has 0 aliphatic heterocycles. The van der Waals surface area contributed by atoms with Crippen molar-refractivity contribution in [2.45, 2.75) is 13.0 Å². The van der Waals surface area contributed by atoms with Crippen LogP contribution in [0.25, 0.3) is 10.9 Å². The Morgan fingerprint density at radius 3 is 2.69 bits per heavy atom. The van der Waals surface area contributed by atoms with Crippen molar-refractivity contribution in [3.05, 3.63) is 30.0 Å². The molecule has 1 heterocycles. The van der Waals surface area contributed by atoms with Gasteiger partial charge in [0.05, 0.1) is 7.11 Å². The molecule has 0 fully saturated rings. The summed E-state index contributed by atoms with van der Waals surface area (Å²) in [6, 6.07) is 8.72. The van der Waals surface area contributed by atoms with Gasteiger partial charge in [0.1, 0.15) is 5.75 Å². The Bertz CT molecular complexity index is 502. The summed E-state index contributed by atoms with van der Waals surface area (Å²) in [7, 11) is 5.77. The lowest BCUT2D eigenvalue weighted by molar-refractivity contribution is 0.415. The van der Waals surface area contributed by atoms with Gasteiger partial charge in [0, 0.05) is 29.7 Å². The van der Waals surface area contributed by atoms with Gasteiger partial charge in [-0.25, -0.2) is 0 Å². The van der Waals surface area contributed by atoms with Gasteiger partial charge in [-0.15, -0.1) is 0 Å². The zero-order valence-corrected chi connectivity index (χ0v) is 10.2. The number of aryl methyl sites for hydroxylation is 1. The Labute approximate surface area is 96.0 Å². The molecule has 0 saturated heterocycles. The van der Waals surface area contributed by atoms with Crippen LogP contribution in [-0.2, 0) is 7.05 Å². The second-order valence-corrected chi connectivity index (χ2v) is 4.06. The molecule has 0 amide bonds. The first-order valence-electron chi connectivity index (χ1n) is 5.48. The summed E-state index contributed by atoms with van der Waals surface area (Å²) >= 11 is 0. The molecule has 1 aromatic carbocycles. The zero-order valence-electron chi connectivity index (χ0n) is 10.2. The van der Waals surface area contributed by atoms with Gasteiger partial charge in [-0.05, 0) is 38.2 Å². The highest BCUT2D eigenvalue weighted by Gasteiger charge is 2.10. The van der Waals surface area contributed by atoms with Gasteiger partial charge in [0.2, 0.25) is 0 Å². The number of hydrogen-bond acceptors (Lipinski definition) is 2. The van der Waals surface area contributed by atoms with E-state index in [1.165, 1.54) is 16.6 Å². The minimum absolute atomic E-state index is 0.350. The largest absolute Gasteiger partial charge is 0.497 e. The van der Waals surface area contributed by atoms with Gasteiger partial charge in [-0.1, -0.05) is 0 Å². The fraction of sp³-hybridized carbons (Fsp3) is 0.385. The van der Waals surface area contributed by atoms with Crippen LogP contribution in [0.3, 0.4) is 0 Å². The van der Waals surface area contributed by atoms with Crippen LogP contribution in [0.2, 0.25) is 0 Å². The predicted molar refractivity (Wildman–Crippen MR) is 66.9 cm³/mol. The van der Waals surface area contributed by atoms with Crippen LogP contribution in [0.5, 0.6) is 5.75 Å². The van der Waals surface area contributed by atoms with E-state index in [-0.39, 0.29) is 0 Å². The van der Waals surface area contributed by atoms with Crippen LogP contribution in [0, 0.1) is 0 Å². The lowest BCUT2D eigenvalue weighted by Crippen LogP contribution is -2.15. The van der Waals surface area contributed by atoms with E-state index in [0.717, 1.165) is 5.75 Å². The first-order valence-corrected chi connectivity index (χ1v) is 5.48. The van der Waals surface area contributed by atoms with Crippen LogP contribution in [0.1, 0.15) is 18.7 Å². The second-order valence-electron chi connectivity index (χ2n) is 4.06. The predicted octanol–water partition coefficient (Wildman–Crippen LogP) is 2.47. The molecular formula is C13H18N2O. The summed E-state index contributed by atoms with van der Waals surface area (Å²) < 4.78 is 7.45. The highest BCUT2D eigenvalue weighted by atomic mass is 16.5. The summed E-state index contributed by atoms with van der Waals surface area (Å²) in [5.41, 5.74) is 2.52. The molecule has 2 aromatic rings. The molecule has 0 radical (unpaired) electrons. The number of ether oxygens (including phenoxy) is 1. The summed E-state index contributed by atoms with van der Waals surface area (Å²) in [4.78, 5) is 0. The molecule has 16 heavy (non-hydrogen) atoms. The molecule has 86 valence electrons. The van der Waals surface area contributed by atoms with E-state index in [2.05, 4.69) is 42.1 Å². The topological polar surface area (TPSA) is 26.2 Å². The zero-order chi connectivity index (χ0) is 11.7. The van der Waals surface area contributed by atoms with Gasteiger partial charge < -0.3 is 14.6 Å². The van der Waals surface area contributed by atoms with Gasteiger partial charge in [0.25, 0.3) is 0 Å². The smallest absolute Gasteiger partial charge is 0.119 e. The Morgan fingerprint density at radius 1 is 1.31 bits per heavy atom. The number of aromatic nitrogens is 1. The normalized spacial score (nSPS) is 13.0. The van der Waals surface area contributed by atoms with Crippen LogP contribution in [-0.4, -0.2) is 18.7 Å². The summed E-state index contributed by atoms with van der Waals surface area (Å²) in [5.74, 6) is 0.904. The van der Waals surface area contributed by atoms with Crippen molar-refractivity contribution in [2.24, 2.45) is 7.05 Å². The molecule has 1 aromatic heterocycles. The molecule has 0 spiro atoms. The number of fused-ring (bicyclic) bond motifs is 1. The summed E-state index contributed by atoms with van der Waals surface area (Å²) in [6.45, 7) is 2.16. The highest BCUT2D eigenvalue weighted by molar-refractivity contribution is 5.83. The Hall–Kier alpha value is -1.48. The van der Waals surface area contributed by atoms with Crippen LogP contribution < -0.4 is 10.1 Å². The maximum Gasteiger partial charge on any atom is 0.119 e. The molecule has 1 unspecified atom stereocenters. The fourth-order valence-corrected chi connectivity index (χ4v) is 2.04. The monoisotopic (exact) mass is 218 g/mol. The molecule has 0 saturated carbocycles. The molecule has 1 N–H and O–H groups in total. The van der Waals surface area contributed by atoms with Crippen LogP contribution in [0.4, 0.5) is 0 Å². The van der Waals surface area contributed by atoms with E-state index in [1.54, 1.807) is 7.11 Å². The number of hydrogen-bond donors (Lipinski definition) is 1. The number of nitrogens with one attached hydrogen (secondary N) is 1. The molecule has 1 atom stereocenters. The fourth-order valence-electron chi connectivity index (χ4n) is 2.04. The number of methoxy groups -OCH3 is 1. The van der Waals surface area contributed by atoms with Gasteiger partial charge in [-0.3, -0.25) is 0 Å². The highest BCUT2D eigenvalue weighted by Crippen LogP contribution is 2.26. The average Bonchev–Trinajstić information content (AvgIpc) is 2.65. The minimum atomic E-state index is 0.350. The van der Waals surface area contributed by atoms with E-state index >= 15 is 0 Å². The number of nitrogens with zero attached hydrogens (tertiary/aromatic N) is 1. The summed E-state index contributed by atoms with van der Waals surface area (Å²) in [5, 5.41) is 4.48. The van der Waals surface area contributed by atoms with Gasteiger partial charge in [-0.2, -0.15) is 0 Å². The first-order chi connectivity index (χ1) is 7.67. The average molecular weight is 218 g/mol. The Balaban J connectivity index is 2.58. The van der Waals surface area contributed by atoms with Crippen molar-refractivity contribution in [1.29, 1.82) is 0 Å². The number of rotatable bonds is 3. The van der Waals surface area contributed by atoms with Crippen molar-refractivity contribution in [2.75, 3.05) is 14.2 Å². The summed E-state index contributed by atoms with van der Waals surface area (Å²) in [6.07, 6.45) is 0. The second kappa shape index (κ2) is 4.18. The van der Waals surface area contributed by atoms with E-state index in [0.29, 0.717) is 6.04 Å². The van der Waals surface area contributed by atoms with Gasteiger partial charge >= 0.3 is 0 Å². The molecule has 3 heteroatoms. The minimum Gasteiger partial charge on any atom is -0.497 e. The Morgan fingerprint density at radius 2 is 2.06 bits per heavy atom. The maximum atomic E-state index is 5.23. The van der Waals surface area contributed by atoms with Crippen LogP contribution >= 0.6 is 0 Å². The van der Waals surface area contributed by atoms with Crippen molar-refractivity contribution in [3.8, 4) is 5.75 Å². The molecule has 3 nitrogen and oxygen atoms in total. The standard InChI is InChI=1S/C13H18N2O/c1-9(14-2)13-8-10-7-11(16-4)5-6-12(10)15(13)3/h5-9,14H,1-4H3. The lowest BCUT2D eigenvalue weighted by atomic mass is 10.2. The van der Waals surface area contributed by atoms with Crippen molar-refractivity contribution in [1.82, 2.24) is 9.88 Å². The first kappa shape index (κ1) is 11.0. The van der Waals surface area contributed by atoms with E-state index in [9.17, 15) is 0 Å². The van der Waals surface area contributed by atoms with E-state index in [1.807, 2.05) is 13.1 Å². The lowest BCUT2D eigenvalue weighted by Gasteiger charge is -2.11. The molecule has 0 bridgehead atoms. The molecule has 0 aliphatic carbocycles. The quantitative estimate of drug-likeness (QED) is 0.856. The van der Waals surface area contributed by atoms with Crippen molar-refractivity contribution in [3.63, 3.8) is 0 Å². The van der Waals surface area contributed by atoms with E-state index < -0.39 is 0 Å². The molecule has 2 rings (SSSR count). The van der Waals surface area contributed by atoms with Crippen LogP contribution in [0.15, 0.2) is 24.3 Å². The molecular weight excluding hydrogens is 200 g/mol. The third-order valence-electron chi connectivity index (χ3n) is 3.16. The molecule has 0 aliphatic rings.